The maximum atomic E-state index is 13.4. The normalized spacial score (nSPS) is 18.9. The van der Waals surface area contributed by atoms with Crippen LogP contribution in [0.3, 0.4) is 0 Å². The number of carbonyl (C=O) groups excluding carboxylic acids is 3. The monoisotopic (exact) mass is 524 g/mol. The number of methoxy groups -OCH3 is 1. The van der Waals surface area contributed by atoms with Gasteiger partial charge in [-0.25, -0.2) is 4.79 Å². The van der Waals surface area contributed by atoms with E-state index < -0.39 is 29.6 Å². The van der Waals surface area contributed by atoms with Crippen LogP contribution < -0.4 is 5.32 Å². The number of nitrogens with zero attached hydrogens (tertiary/aromatic N) is 2. The molecule has 8 nitrogen and oxygen atoms in total. The fourth-order valence-electron chi connectivity index (χ4n) is 3.10. The van der Waals surface area contributed by atoms with Crippen LogP contribution in [0, 0.1) is 18.9 Å². The molecule has 0 bridgehead atoms. The number of oxime groups is 1. The van der Waals surface area contributed by atoms with Gasteiger partial charge in [0, 0.05) is 45.6 Å². The standard InChI is InChI=1S/C21H34N3O5.C2H3.Y/c1-8-9-10-11-17(25)22-18(21(4,5)6)19(26)24-13-15(29-23-14(2)3)12-16(24)20(27)28-7;1-2;/h8,15-16,18H,1-2,9-13H2,3-7H3,(H,22,25);1H,2H2;/q2*-1;/b23-14+;;/t15-,16+,18-;;/m1../s1. The number of nitrogens with one attached hydrogen (secondary N) is 1. The fraction of sp³-hybridized carbons (Fsp3) is 0.609. The molecular weight excluding hydrogens is 487 g/mol. The number of allylic oxidation sites excluding steroid dienone is 1. The van der Waals surface area contributed by atoms with E-state index in [4.69, 9.17) is 9.57 Å². The molecule has 0 saturated carbocycles. The maximum absolute atomic E-state index is 13.4. The summed E-state index contributed by atoms with van der Waals surface area (Å²) in [4.78, 5) is 44.8. The quantitative estimate of drug-likeness (QED) is 0.125. The SMILES string of the molecule is C=CCCCC(=O)N[C@H](C(=O)N1C[C@H](O/N=C(\[CH2-])C)C[C@H]1C(=O)OC)C(C)(C)C.[CH-]=C.[Y]. The van der Waals surface area contributed by atoms with Crippen molar-refractivity contribution in [2.75, 3.05) is 13.7 Å². The molecular formula is C23H37N3O5Y-2. The van der Waals surface area contributed by atoms with Gasteiger partial charge in [0.1, 0.15) is 18.2 Å². The molecule has 3 atom stereocenters. The van der Waals surface area contributed by atoms with Gasteiger partial charge in [0.15, 0.2) is 0 Å². The molecule has 9 heteroatoms. The molecule has 0 unspecified atom stereocenters. The number of unbranched alkanes of at least 4 members (excludes halogenated alkanes) is 1. The summed E-state index contributed by atoms with van der Waals surface area (Å²) in [7, 11) is 1.28. The molecule has 0 aliphatic carbocycles. The van der Waals surface area contributed by atoms with E-state index in [1.807, 2.05) is 20.8 Å². The van der Waals surface area contributed by atoms with Gasteiger partial charge in [-0.05, 0) is 18.3 Å². The van der Waals surface area contributed by atoms with Gasteiger partial charge in [0.25, 0.3) is 0 Å². The molecule has 1 saturated heterocycles. The predicted octanol–water partition coefficient (Wildman–Crippen LogP) is 2.85. The Balaban J connectivity index is 0. The summed E-state index contributed by atoms with van der Waals surface area (Å²) in [5.74, 6) is -1.07. The van der Waals surface area contributed by atoms with Gasteiger partial charge in [-0.2, -0.15) is 0 Å². The van der Waals surface area contributed by atoms with Crippen LogP contribution in [-0.2, 0) is 56.7 Å². The number of amides is 2. The Morgan fingerprint density at radius 3 is 2.41 bits per heavy atom. The molecule has 0 spiro atoms. The van der Waals surface area contributed by atoms with Crippen LogP contribution in [0.2, 0.25) is 0 Å². The van der Waals surface area contributed by atoms with E-state index in [0.717, 1.165) is 6.42 Å². The Hall–Kier alpha value is -1.67. The zero-order chi connectivity index (χ0) is 24.2. The first-order chi connectivity index (χ1) is 14.5. The number of rotatable bonds is 9. The second kappa shape index (κ2) is 16.0. The summed E-state index contributed by atoms with van der Waals surface area (Å²) >= 11 is 0. The average Bonchev–Trinajstić information content (AvgIpc) is 3.14. The zero-order valence-corrected chi connectivity index (χ0v) is 22.9. The molecule has 1 N–H and O–H groups in total. The van der Waals surface area contributed by atoms with E-state index in [-0.39, 0.29) is 57.5 Å². The third kappa shape index (κ3) is 10.8. The van der Waals surface area contributed by atoms with Gasteiger partial charge >= 0.3 is 5.97 Å². The van der Waals surface area contributed by atoms with Crippen molar-refractivity contribution in [3.05, 3.63) is 32.7 Å². The first-order valence-electron chi connectivity index (χ1n) is 10.2. The topological polar surface area (TPSA) is 97.3 Å². The molecule has 32 heavy (non-hydrogen) atoms. The van der Waals surface area contributed by atoms with E-state index >= 15 is 0 Å². The number of hydrogen-bond donors (Lipinski definition) is 1. The van der Waals surface area contributed by atoms with Gasteiger partial charge < -0.3 is 33.3 Å². The van der Waals surface area contributed by atoms with E-state index in [9.17, 15) is 14.4 Å². The van der Waals surface area contributed by atoms with Crippen LogP contribution in [0.5, 0.6) is 0 Å². The first kappa shape index (κ1) is 32.5. The minimum Gasteiger partial charge on any atom is -0.521 e. The Morgan fingerprint density at radius 1 is 1.34 bits per heavy atom. The van der Waals surface area contributed by atoms with Crippen molar-refractivity contribution < 1.29 is 56.7 Å². The summed E-state index contributed by atoms with van der Waals surface area (Å²) in [6, 6.07) is -1.58. The smallest absolute Gasteiger partial charge is 0.328 e. The largest absolute Gasteiger partial charge is 0.521 e. The van der Waals surface area contributed by atoms with Crippen molar-refractivity contribution in [3.63, 3.8) is 0 Å². The third-order valence-electron chi connectivity index (χ3n) is 4.61. The zero-order valence-electron chi connectivity index (χ0n) is 20.1. The van der Waals surface area contributed by atoms with E-state index in [1.165, 1.54) is 12.0 Å². The molecule has 1 aliphatic heterocycles. The van der Waals surface area contributed by atoms with Gasteiger partial charge in [0.2, 0.25) is 11.8 Å². The van der Waals surface area contributed by atoms with Crippen LogP contribution in [0.4, 0.5) is 0 Å². The second-order valence-corrected chi connectivity index (χ2v) is 8.37. The predicted molar refractivity (Wildman–Crippen MR) is 121 cm³/mol. The Bertz CT molecular complexity index is 657. The Morgan fingerprint density at radius 2 is 1.94 bits per heavy atom. The molecule has 1 aliphatic rings. The minimum absolute atomic E-state index is 0. The number of carbonyl (C=O) groups is 3. The first-order valence-corrected chi connectivity index (χ1v) is 10.2. The molecule has 0 aromatic heterocycles. The third-order valence-corrected chi connectivity index (χ3v) is 4.61. The van der Waals surface area contributed by atoms with Gasteiger partial charge in [-0.15, -0.1) is 11.7 Å². The van der Waals surface area contributed by atoms with Crippen molar-refractivity contribution in [1.82, 2.24) is 10.2 Å². The number of esters is 1. The average molecular weight is 524 g/mol. The van der Waals surface area contributed by atoms with Crippen molar-refractivity contribution in [3.8, 4) is 0 Å². The Kier molecular flexibility index (Phi) is 16.3. The summed E-state index contributed by atoms with van der Waals surface area (Å²) in [6.07, 6.45) is 3.25. The minimum atomic E-state index is -0.791. The molecule has 2 amide bonds. The molecule has 0 aromatic carbocycles. The summed E-state index contributed by atoms with van der Waals surface area (Å²) < 4.78 is 4.87. The summed E-state index contributed by atoms with van der Waals surface area (Å²) in [6.45, 7) is 21.8. The van der Waals surface area contributed by atoms with Crippen LogP contribution in [-0.4, -0.2) is 60.2 Å². The maximum Gasteiger partial charge on any atom is 0.328 e. The van der Waals surface area contributed by atoms with Crippen LogP contribution in [0.1, 0.15) is 53.4 Å². The number of likely N-dealkylation sites (tertiary alicyclic amines) is 1. The number of ether oxygens (including phenoxy) is 1. The summed E-state index contributed by atoms with van der Waals surface area (Å²) in [5.41, 5.74) is -0.0592. The van der Waals surface area contributed by atoms with Crippen LogP contribution in [0.25, 0.3) is 0 Å². The van der Waals surface area contributed by atoms with Crippen molar-refractivity contribution >= 4 is 23.5 Å². The van der Waals surface area contributed by atoms with Gasteiger partial charge in [-0.3, -0.25) is 16.2 Å². The van der Waals surface area contributed by atoms with E-state index in [1.54, 1.807) is 13.0 Å². The van der Waals surface area contributed by atoms with Crippen molar-refractivity contribution in [2.24, 2.45) is 10.6 Å². The molecule has 0 aromatic rings. The number of hydrogen-bond acceptors (Lipinski definition) is 6. The van der Waals surface area contributed by atoms with E-state index in [2.05, 4.69) is 37.1 Å². The van der Waals surface area contributed by atoms with Crippen molar-refractivity contribution in [2.45, 2.75) is 71.6 Å². The second-order valence-electron chi connectivity index (χ2n) is 8.37. The van der Waals surface area contributed by atoms with Crippen molar-refractivity contribution in [1.29, 1.82) is 0 Å². The van der Waals surface area contributed by atoms with Gasteiger partial charge in [0.05, 0.1) is 13.7 Å². The van der Waals surface area contributed by atoms with Crippen LogP contribution in [0.15, 0.2) is 24.4 Å². The fourth-order valence-corrected chi connectivity index (χ4v) is 3.10. The van der Waals surface area contributed by atoms with Crippen LogP contribution >= 0.6 is 0 Å². The summed E-state index contributed by atoms with van der Waals surface area (Å²) in [5, 5.41) is 6.68. The van der Waals surface area contributed by atoms with Gasteiger partial charge in [-0.1, -0.05) is 39.5 Å². The molecule has 179 valence electrons. The molecule has 1 radical (unpaired) electrons. The Labute approximate surface area is 218 Å². The molecule has 1 rings (SSSR count). The molecule has 1 heterocycles. The van der Waals surface area contributed by atoms with E-state index in [0.29, 0.717) is 18.6 Å². The molecule has 1 fully saturated rings.